The van der Waals surface area contributed by atoms with E-state index >= 15 is 0 Å². The van der Waals surface area contributed by atoms with Crippen molar-refractivity contribution in [3.63, 3.8) is 0 Å². The molecule has 5 nitrogen and oxygen atoms in total. The number of hydrogen-bond donors (Lipinski definition) is 1. The number of amides is 1. The first-order valence-electron chi connectivity index (χ1n) is 9.09. The number of carbonyl (C=O) groups excluding carboxylic acids is 1. The van der Waals surface area contributed by atoms with E-state index < -0.39 is 0 Å². The van der Waals surface area contributed by atoms with Crippen LogP contribution in [0.3, 0.4) is 0 Å². The number of hydrogen-bond acceptors (Lipinski definition) is 3. The molecule has 1 saturated carbocycles. The molecular weight excluding hydrogens is 290 g/mol. The molecule has 0 atom stereocenters. The SMILES string of the molecule is O=C(CC1CCCCC1)NCCn1nc2c(cc1=O)CCCC2. The molecule has 5 heteroatoms. The van der Waals surface area contributed by atoms with Crippen molar-refractivity contribution in [3.05, 3.63) is 27.7 Å². The maximum atomic E-state index is 12.1. The minimum absolute atomic E-state index is 0.0489. The van der Waals surface area contributed by atoms with E-state index in [0.29, 0.717) is 25.4 Å². The minimum atomic E-state index is -0.0489. The van der Waals surface area contributed by atoms with Gasteiger partial charge in [-0.05, 0) is 50.0 Å². The van der Waals surface area contributed by atoms with E-state index in [1.165, 1.54) is 36.8 Å². The normalized spacial score (nSPS) is 18.4. The van der Waals surface area contributed by atoms with Gasteiger partial charge in [0, 0.05) is 19.0 Å². The Hall–Kier alpha value is -1.65. The Kier molecular flexibility index (Phi) is 5.47. The van der Waals surface area contributed by atoms with Gasteiger partial charge in [-0.3, -0.25) is 9.59 Å². The molecule has 0 aliphatic heterocycles. The van der Waals surface area contributed by atoms with Crippen molar-refractivity contribution >= 4 is 5.91 Å². The van der Waals surface area contributed by atoms with Crippen molar-refractivity contribution in [2.75, 3.05) is 6.54 Å². The zero-order valence-corrected chi connectivity index (χ0v) is 13.9. The lowest BCUT2D eigenvalue weighted by Crippen LogP contribution is -2.34. The Morgan fingerprint density at radius 3 is 2.78 bits per heavy atom. The number of aryl methyl sites for hydroxylation is 2. The number of nitrogens with one attached hydrogen (secondary N) is 1. The third kappa shape index (κ3) is 4.43. The van der Waals surface area contributed by atoms with Crippen molar-refractivity contribution < 1.29 is 4.79 Å². The van der Waals surface area contributed by atoms with Gasteiger partial charge in [-0.25, -0.2) is 4.68 Å². The van der Waals surface area contributed by atoms with Gasteiger partial charge in [-0.1, -0.05) is 19.3 Å². The van der Waals surface area contributed by atoms with Crippen molar-refractivity contribution in [2.45, 2.75) is 70.8 Å². The standard InChI is InChI=1S/C18H27N3O2/c22-17(12-14-6-2-1-3-7-14)19-10-11-21-18(23)13-15-8-4-5-9-16(15)20-21/h13-14H,1-12H2,(H,19,22). The Morgan fingerprint density at radius 2 is 1.96 bits per heavy atom. The molecule has 1 N–H and O–H groups in total. The fourth-order valence-corrected chi connectivity index (χ4v) is 3.79. The van der Waals surface area contributed by atoms with Crippen molar-refractivity contribution in [2.24, 2.45) is 5.92 Å². The molecule has 0 radical (unpaired) electrons. The molecule has 0 spiro atoms. The third-order valence-electron chi connectivity index (χ3n) is 5.12. The lowest BCUT2D eigenvalue weighted by molar-refractivity contribution is -0.122. The fourth-order valence-electron chi connectivity index (χ4n) is 3.79. The van der Waals surface area contributed by atoms with Crippen molar-refractivity contribution in [1.29, 1.82) is 0 Å². The molecule has 126 valence electrons. The lowest BCUT2D eigenvalue weighted by atomic mass is 9.87. The molecule has 0 aromatic carbocycles. The van der Waals surface area contributed by atoms with Crippen LogP contribution in [0.2, 0.25) is 0 Å². The summed E-state index contributed by atoms with van der Waals surface area (Å²) in [4.78, 5) is 24.1. The van der Waals surface area contributed by atoms with Crippen molar-refractivity contribution in [1.82, 2.24) is 15.1 Å². The Bertz CT molecular complexity index is 603. The Balaban J connectivity index is 1.48. The van der Waals surface area contributed by atoms with E-state index in [4.69, 9.17) is 0 Å². The molecule has 1 fully saturated rings. The summed E-state index contributed by atoms with van der Waals surface area (Å²) in [6.45, 7) is 0.944. The quantitative estimate of drug-likeness (QED) is 0.905. The summed E-state index contributed by atoms with van der Waals surface area (Å²) in [6, 6.07) is 1.73. The zero-order valence-electron chi connectivity index (χ0n) is 13.9. The fraction of sp³-hybridized carbons (Fsp3) is 0.722. The number of nitrogens with zero attached hydrogens (tertiary/aromatic N) is 2. The van der Waals surface area contributed by atoms with Crippen LogP contribution in [0.25, 0.3) is 0 Å². The second kappa shape index (κ2) is 7.75. The Morgan fingerprint density at radius 1 is 1.17 bits per heavy atom. The predicted octanol–water partition coefficient (Wildman–Crippen LogP) is 2.21. The smallest absolute Gasteiger partial charge is 0.267 e. The van der Waals surface area contributed by atoms with Gasteiger partial charge in [0.25, 0.3) is 5.56 Å². The van der Waals surface area contributed by atoms with E-state index in [1.807, 2.05) is 0 Å². The molecule has 23 heavy (non-hydrogen) atoms. The molecule has 2 aliphatic rings. The molecule has 0 saturated heterocycles. The number of carbonyl (C=O) groups is 1. The highest BCUT2D eigenvalue weighted by Gasteiger charge is 2.17. The van der Waals surface area contributed by atoms with Crippen LogP contribution in [0.4, 0.5) is 0 Å². The summed E-state index contributed by atoms with van der Waals surface area (Å²) in [6.07, 6.45) is 11.0. The molecule has 1 amide bonds. The average molecular weight is 317 g/mol. The summed E-state index contributed by atoms with van der Waals surface area (Å²) < 4.78 is 1.51. The van der Waals surface area contributed by atoms with Gasteiger partial charge in [0.15, 0.2) is 0 Å². The summed E-state index contributed by atoms with van der Waals surface area (Å²) >= 11 is 0. The molecule has 0 bridgehead atoms. The third-order valence-corrected chi connectivity index (χ3v) is 5.12. The second-order valence-electron chi connectivity index (χ2n) is 6.94. The van der Waals surface area contributed by atoms with Crippen molar-refractivity contribution in [3.8, 4) is 0 Å². The van der Waals surface area contributed by atoms with Gasteiger partial charge in [-0.15, -0.1) is 0 Å². The number of fused-ring (bicyclic) bond motifs is 1. The number of aromatic nitrogens is 2. The van der Waals surface area contributed by atoms with Gasteiger partial charge in [0.05, 0.1) is 12.2 Å². The molecule has 1 aromatic rings. The first-order chi connectivity index (χ1) is 11.2. The molecule has 1 aromatic heterocycles. The monoisotopic (exact) mass is 317 g/mol. The predicted molar refractivity (Wildman–Crippen MR) is 89.3 cm³/mol. The highest BCUT2D eigenvalue weighted by molar-refractivity contribution is 5.76. The maximum absolute atomic E-state index is 12.1. The van der Waals surface area contributed by atoms with E-state index in [-0.39, 0.29) is 11.5 Å². The molecule has 0 unspecified atom stereocenters. The van der Waals surface area contributed by atoms with Crippen LogP contribution in [0, 0.1) is 5.92 Å². The van der Waals surface area contributed by atoms with Gasteiger partial charge >= 0.3 is 0 Å². The van der Waals surface area contributed by atoms with E-state index in [2.05, 4.69) is 10.4 Å². The first-order valence-corrected chi connectivity index (χ1v) is 9.09. The van der Waals surface area contributed by atoms with E-state index in [9.17, 15) is 9.59 Å². The van der Waals surface area contributed by atoms with Gasteiger partial charge < -0.3 is 5.32 Å². The van der Waals surface area contributed by atoms with Crippen LogP contribution in [0.15, 0.2) is 10.9 Å². The van der Waals surface area contributed by atoms with Crippen LogP contribution in [-0.4, -0.2) is 22.2 Å². The lowest BCUT2D eigenvalue weighted by Gasteiger charge is -2.21. The van der Waals surface area contributed by atoms with E-state index in [1.54, 1.807) is 6.07 Å². The van der Waals surface area contributed by atoms with Crippen LogP contribution < -0.4 is 10.9 Å². The number of rotatable bonds is 5. The molecular formula is C18H27N3O2. The minimum Gasteiger partial charge on any atom is -0.354 e. The molecule has 1 heterocycles. The van der Waals surface area contributed by atoms with Crippen LogP contribution in [-0.2, 0) is 24.2 Å². The summed E-state index contributed by atoms with van der Waals surface area (Å²) in [5.41, 5.74) is 2.12. The summed E-state index contributed by atoms with van der Waals surface area (Å²) in [7, 11) is 0. The van der Waals surface area contributed by atoms with E-state index in [0.717, 1.165) is 36.9 Å². The maximum Gasteiger partial charge on any atom is 0.267 e. The first kappa shape index (κ1) is 16.2. The van der Waals surface area contributed by atoms with Crippen LogP contribution >= 0.6 is 0 Å². The largest absolute Gasteiger partial charge is 0.354 e. The van der Waals surface area contributed by atoms with Crippen LogP contribution in [0.1, 0.15) is 62.6 Å². The Labute approximate surface area is 137 Å². The second-order valence-corrected chi connectivity index (χ2v) is 6.94. The molecule has 2 aliphatic carbocycles. The summed E-state index contributed by atoms with van der Waals surface area (Å²) in [5, 5.41) is 7.43. The van der Waals surface area contributed by atoms with Gasteiger partial charge in [0.1, 0.15) is 0 Å². The highest BCUT2D eigenvalue weighted by Crippen LogP contribution is 2.26. The summed E-state index contributed by atoms with van der Waals surface area (Å²) in [5.74, 6) is 0.663. The van der Waals surface area contributed by atoms with Crippen LogP contribution in [0.5, 0.6) is 0 Å². The average Bonchev–Trinajstić information content (AvgIpc) is 2.56. The van der Waals surface area contributed by atoms with Gasteiger partial charge in [-0.2, -0.15) is 5.10 Å². The highest BCUT2D eigenvalue weighted by atomic mass is 16.1. The topological polar surface area (TPSA) is 64.0 Å². The molecule has 3 rings (SSSR count). The van der Waals surface area contributed by atoms with Gasteiger partial charge in [0.2, 0.25) is 5.91 Å². The zero-order chi connectivity index (χ0) is 16.1.